The minimum absolute atomic E-state index is 0.386. The van der Waals surface area contributed by atoms with Crippen LogP contribution in [0.15, 0.2) is 29.6 Å². The Hall–Kier alpha value is -0.940. The quantitative estimate of drug-likeness (QED) is 0.829. The average Bonchev–Trinajstić information content (AvgIpc) is 3.10. The van der Waals surface area contributed by atoms with Gasteiger partial charge in [0.05, 0.1) is 16.8 Å². The first-order chi connectivity index (χ1) is 10.3. The SMILES string of the molecule is CCO[C@H]1CCN(Cc2csc(-c3ccccc3Cl)n2)C1. The molecule has 0 aliphatic carbocycles. The van der Waals surface area contributed by atoms with Gasteiger partial charge in [-0.1, -0.05) is 29.8 Å². The summed E-state index contributed by atoms with van der Waals surface area (Å²) in [6.45, 7) is 5.84. The van der Waals surface area contributed by atoms with Gasteiger partial charge in [0.15, 0.2) is 0 Å². The summed E-state index contributed by atoms with van der Waals surface area (Å²) in [5.41, 5.74) is 2.14. The lowest BCUT2D eigenvalue weighted by Gasteiger charge is -2.14. The van der Waals surface area contributed by atoms with E-state index in [1.165, 1.54) is 0 Å². The number of aromatic nitrogens is 1. The molecule has 5 heteroatoms. The van der Waals surface area contributed by atoms with E-state index in [-0.39, 0.29) is 0 Å². The first kappa shape index (κ1) is 15.0. The molecule has 2 heterocycles. The summed E-state index contributed by atoms with van der Waals surface area (Å²) in [5.74, 6) is 0. The van der Waals surface area contributed by atoms with Crippen molar-refractivity contribution in [1.82, 2.24) is 9.88 Å². The second kappa shape index (κ2) is 6.88. The van der Waals surface area contributed by atoms with Crippen LogP contribution in [-0.4, -0.2) is 35.7 Å². The second-order valence-corrected chi connectivity index (χ2v) is 6.49. The van der Waals surface area contributed by atoms with E-state index in [0.717, 1.165) is 53.9 Å². The molecule has 112 valence electrons. The minimum atomic E-state index is 0.386. The molecular formula is C16H19ClN2OS. The third-order valence-corrected chi connectivity index (χ3v) is 4.93. The van der Waals surface area contributed by atoms with Crippen LogP contribution in [-0.2, 0) is 11.3 Å². The number of halogens is 1. The average molecular weight is 323 g/mol. The molecule has 0 radical (unpaired) electrons. The highest BCUT2D eigenvalue weighted by Crippen LogP contribution is 2.30. The topological polar surface area (TPSA) is 25.4 Å². The third kappa shape index (κ3) is 3.64. The van der Waals surface area contributed by atoms with Crippen LogP contribution in [0.1, 0.15) is 19.0 Å². The number of thiazole rings is 1. The van der Waals surface area contributed by atoms with Crippen LogP contribution in [0.5, 0.6) is 0 Å². The molecule has 3 nitrogen and oxygen atoms in total. The number of ether oxygens (including phenoxy) is 1. The van der Waals surface area contributed by atoms with E-state index in [9.17, 15) is 0 Å². The Bertz CT molecular complexity index is 601. The molecule has 0 bridgehead atoms. The van der Waals surface area contributed by atoms with E-state index < -0.39 is 0 Å². The van der Waals surface area contributed by atoms with Crippen LogP contribution in [0.3, 0.4) is 0 Å². The highest BCUT2D eigenvalue weighted by Gasteiger charge is 2.23. The Kier molecular flexibility index (Phi) is 4.91. The van der Waals surface area contributed by atoms with E-state index in [2.05, 4.69) is 17.2 Å². The standard InChI is InChI=1S/C16H19ClN2OS/c1-2-20-13-7-8-19(10-13)9-12-11-21-16(18-12)14-5-3-4-6-15(14)17/h3-6,11,13H,2,7-10H2,1H3/t13-/m0/s1. The molecule has 1 saturated heterocycles. The predicted octanol–water partition coefficient (Wildman–Crippen LogP) is 4.07. The van der Waals surface area contributed by atoms with E-state index >= 15 is 0 Å². The highest BCUT2D eigenvalue weighted by molar-refractivity contribution is 7.13. The molecule has 1 aromatic heterocycles. The van der Waals surface area contributed by atoms with E-state index in [1.807, 2.05) is 24.3 Å². The Balaban J connectivity index is 1.65. The Labute approximate surface area is 134 Å². The van der Waals surface area contributed by atoms with Crippen molar-refractivity contribution >= 4 is 22.9 Å². The number of hydrogen-bond acceptors (Lipinski definition) is 4. The van der Waals surface area contributed by atoms with Gasteiger partial charge in [-0.15, -0.1) is 11.3 Å². The Morgan fingerprint density at radius 3 is 3.10 bits per heavy atom. The summed E-state index contributed by atoms with van der Waals surface area (Å²) in [4.78, 5) is 7.14. The fraction of sp³-hybridized carbons (Fsp3) is 0.438. The number of hydrogen-bond donors (Lipinski definition) is 0. The van der Waals surface area contributed by atoms with Crippen molar-refractivity contribution in [3.05, 3.63) is 40.4 Å². The van der Waals surface area contributed by atoms with Gasteiger partial charge in [-0.05, 0) is 19.4 Å². The largest absolute Gasteiger partial charge is 0.377 e. The first-order valence-corrected chi connectivity index (χ1v) is 8.55. The number of nitrogens with zero attached hydrogens (tertiary/aromatic N) is 2. The van der Waals surface area contributed by atoms with Crippen LogP contribution in [0.4, 0.5) is 0 Å². The highest BCUT2D eigenvalue weighted by atomic mass is 35.5. The van der Waals surface area contributed by atoms with E-state index in [0.29, 0.717) is 6.10 Å². The fourth-order valence-electron chi connectivity index (χ4n) is 2.68. The molecule has 0 unspecified atom stereocenters. The third-order valence-electron chi connectivity index (χ3n) is 3.67. The molecule has 1 aliphatic heterocycles. The van der Waals surface area contributed by atoms with Gasteiger partial charge in [0, 0.05) is 37.2 Å². The second-order valence-electron chi connectivity index (χ2n) is 5.22. The molecular weight excluding hydrogens is 304 g/mol. The molecule has 0 spiro atoms. The maximum Gasteiger partial charge on any atom is 0.125 e. The van der Waals surface area contributed by atoms with Gasteiger partial charge in [0.1, 0.15) is 5.01 Å². The lowest BCUT2D eigenvalue weighted by molar-refractivity contribution is 0.0682. The lowest BCUT2D eigenvalue weighted by Crippen LogP contribution is -2.23. The van der Waals surface area contributed by atoms with Crippen molar-refractivity contribution in [2.45, 2.75) is 26.0 Å². The Morgan fingerprint density at radius 1 is 1.43 bits per heavy atom. The van der Waals surface area contributed by atoms with Gasteiger partial charge in [-0.25, -0.2) is 4.98 Å². The van der Waals surface area contributed by atoms with Gasteiger partial charge >= 0.3 is 0 Å². The van der Waals surface area contributed by atoms with Crippen molar-refractivity contribution in [3.8, 4) is 10.6 Å². The summed E-state index contributed by atoms with van der Waals surface area (Å²) in [6, 6.07) is 7.87. The molecule has 1 aliphatic rings. The van der Waals surface area contributed by atoms with E-state index in [1.54, 1.807) is 11.3 Å². The maximum absolute atomic E-state index is 6.23. The Morgan fingerprint density at radius 2 is 2.29 bits per heavy atom. The molecule has 21 heavy (non-hydrogen) atoms. The molecule has 0 N–H and O–H groups in total. The number of benzene rings is 1. The van der Waals surface area contributed by atoms with Crippen molar-refractivity contribution < 1.29 is 4.74 Å². The van der Waals surface area contributed by atoms with Crippen molar-refractivity contribution in [2.24, 2.45) is 0 Å². The predicted molar refractivity (Wildman–Crippen MR) is 87.9 cm³/mol. The van der Waals surface area contributed by atoms with Crippen molar-refractivity contribution in [3.63, 3.8) is 0 Å². The monoisotopic (exact) mass is 322 g/mol. The molecule has 1 aromatic carbocycles. The first-order valence-electron chi connectivity index (χ1n) is 7.29. The van der Waals surface area contributed by atoms with Crippen LogP contribution in [0.2, 0.25) is 5.02 Å². The van der Waals surface area contributed by atoms with Crippen molar-refractivity contribution in [1.29, 1.82) is 0 Å². The molecule has 3 rings (SSSR count). The zero-order chi connectivity index (χ0) is 14.7. The maximum atomic E-state index is 6.23. The smallest absolute Gasteiger partial charge is 0.125 e. The van der Waals surface area contributed by atoms with Gasteiger partial charge < -0.3 is 4.74 Å². The summed E-state index contributed by atoms with van der Waals surface area (Å²) in [5, 5.41) is 3.89. The summed E-state index contributed by atoms with van der Waals surface area (Å²) >= 11 is 7.89. The normalized spacial score (nSPS) is 19.2. The number of likely N-dealkylation sites (tertiary alicyclic amines) is 1. The molecule has 2 aromatic rings. The zero-order valence-electron chi connectivity index (χ0n) is 12.1. The van der Waals surface area contributed by atoms with Gasteiger partial charge in [-0.3, -0.25) is 4.90 Å². The number of rotatable bonds is 5. The van der Waals surface area contributed by atoms with Gasteiger partial charge in [0.2, 0.25) is 0 Å². The summed E-state index contributed by atoms with van der Waals surface area (Å²) < 4.78 is 5.68. The minimum Gasteiger partial charge on any atom is -0.377 e. The molecule has 1 atom stereocenters. The van der Waals surface area contributed by atoms with E-state index in [4.69, 9.17) is 21.3 Å². The molecule has 0 amide bonds. The van der Waals surface area contributed by atoms with Crippen LogP contribution >= 0.6 is 22.9 Å². The molecule has 1 fully saturated rings. The summed E-state index contributed by atoms with van der Waals surface area (Å²) in [6.07, 6.45) is 1.51. The lowest BCUT2D eigenvalue weighted by atomic mass is 10.2. The van der Waals surface area contributed by atoms with Gasteiger partial charge in [-0.2, -0.15) is 0 Å². The van der Waals surface area contributed by atoms with Crippen LogP contribution in [0, 0.1) is 0 Å². The molecule has 0 saturated carbocycles. The van der Waals surface area contributed by atoms with Crippen LogP contribution in [0.25, 0.3) is 10.6 Å². The zero-order valence-corrected chi connectivity index (χ0v) is 13.7. The fourth-order valence-corrected chi connectivity index (χ4v) is 3.81. The van der Waals surface area contributed by atoms with Crippen LogP contribution < -0.4 is 0 Å². The van der Waals surface area contributed by atoms with Crippen molar-refractivity contribution in [2.75, 3.05) is 19.7 Å². The van der Waals surface area contributed by atoms with Gasteiger partial charge in [0.25, 0.3) is 0 Å². The summed E-state index contributed by atoms with van der Waals surface area (Å²) in [7, 11) is 0.